The van der Waals surface area contributed by atoms with E-state index in [4.69, 9.17) is 14.2 Å². The van der Waals surface area contributed by atoms with Gasteiger partial charge in [0.1, 0.15) is 0 Å². The van der Waals surface area contributed by atoms with E-state index in [0.29, 0.717) is 13.2 Å². The number of hydrogen-bond donors (Lipinski definition) is 1. The van der Waals surface area contributed by atoms with E-state index in [1.54, 1.807) is 0 Å². The van der Waals surface area contributed by atoms with E-state index >= 15 is 0 Å². The second-order valence-electron chi connectivity index (χ2n) is 3.94. The Kier molecular flexibility index (Phi) is 3.38. The van der Waals surface area contributed by atoms with Gasteiger partial charge in [0.15, 0.2) is 6.29 Å². The molecule has 0 unspecified atom stereocenters. The van der Waals surface area contributed by atoms with Crippen LogP contribution >= 0.6 is 0 Å². The number of rotatable bonds is 4. The van der Waals surface area contributed by atoms with Crippen molar-refractivity contribution in [3.05, 3.63) is 0 Å². The quantitative estimate of drug-likeness (QED) is 0.676. The van der Waals surface area contributed by atoms with Crippen molar-refractivity contribution < 1.29 is 19.3 Å². The fraction of sp³-hybridized carbons (Fsp3) is 1.00. The molecule has 1 N–H and O–H groups in total. The minimum absolute atomic E-state index is 0.0176. The molecule has 0 amide bonds. The van der Waals surface area contributed by atoms with Gasteiger partial charge in [-0.3, -0.25) is 0 Å². The first-order valence-electron chi connectivity index (χ1n) is 5.35. The molecule has 2 heterocycles. The fourth-order valence-electron chi connectivity index (χ4n) is 2.02. The van der Waals surface area contributed by atoms with Gasteiger partial charge in [0.2, 0.25) is 0 Å². The number of fused-ring (bicyclic) bond motifs is 1. The Hall–Kier alpha value is -0.160. The first-order valence-corrected chi connectivity index (χ1v) is 5.35. The van der Waals surface area contributed by atoms with Crippen LogP contribution in [0.15, 0.2) is 0 Å². The van der Waals surface area contributed by atoms with Crippen LogP contribution in [0.25, 0.3) is 0 Å². The Morgan fingerprint density at radius 1 is 1.36 bits per heavy atom. The second kappa shape index (κ2) is 4.57. The highest BCUT2D eigenvalue weighted by atomic mass is 16.7. The third-order valence-electron chi connectivity index (χ3n) is 2.87. The summed E-state index contributed by atoms with van der Waals surface area (Å²) >= 11 is 0. The summed E-state index contributed by atoms with van der Waals surface area (Å²) in [5, 5.41) is 9.64. The van der Waals surface area contributed by atoms with Gasteiger partial charge in [0, 0.05) is 6.61 Å². The molecule has 0 aromatic heterocycles. The summed E-state index contributed by atoms with van der Waals surface area (Å²) in [6, 6.07) is 0. The molecule has 2 fully saturated rings. The lowest BCUT2D eigenvalue weighted by Crippen LogP contribution is -2.32. The molecule has 0 aromatic rings. The maximum Gasteiger partial charge on any atom is 0.165 e. The standard InChI is InChI=1S/C10H18O4/c1-2-3-4-12-8-6-14-10-9(8)7(11)5-13-10/h7-11H,2-6H2,1H3/t7-,8+,9+,10-/m0/s1. The third kappa shape index (κ3) is 1.93. The third-order valence-corrected chi connectivity index (χ3v) is 2.87. The van der Waals surface area contributed by atoms with E-state index in [-0.39, 0.29) is 18.3 Å². The highest BCUT2D eigenvalue weighted by Gasteiger charge is 2.47. The summed E-state index contributed by atoms with van der Waals surface area (Å²) in [7, 11) is 0. The maximum atomic E-state index is 9.64. The molecule has 4 nitrogen and oxygen atoms in total. The Morgan fingerprint density at radius 2 is 2.14 bits per heavy atom. The molecule has 2 aliphatic heterocycles. The summed E-state index contributed by atoms with van der Waals surface area (Å²) in [6.45, 7) is 3.81. The molecule has 0 aliphatic carbocycles. The molecule has 0 radical (unpaired) electrons. The van der Waals surface area contributed by atoms with Crippen LogP contribution < -0.4 is 0 Å². The van der Waals surface area contributed by atoms with E-state index < -0.39 is 6.10 Å². The van der Waals surface area contributed by atoms with Gasteiger partial charge in [0.05, 0.1) is 31.3 Å². The molecule has 0 aromatic carbocycles. The van der Waals surface area contributed by atoms with Gasteiger partial charge < -0.3 is 19.3 Å². The molecule has 0 spiro atoms. The monoisotopic (exact) mass is 202 g/mol. The predicted octanol–water partition coefficient (Wildman–Crippen LogP) is 0.535. The van der Waals surface area contributed by atoms with Crippen molar-refractivity contribution in [1.82, 2.24) is 0 Å². The van der Waals surface area contributed by atoms with Gasteiger partial charge in [-0.15, -0.1) is 0 Å². The van der Waals surface area contributed by atoms with Crippen molar-refractivity contribution in [1.29, 1.82) is 0 Å². The molecule has 14 heavy (non-hydrogen) atoms. The molecule has 2 rings (SSSR count). The number of hydrogen-bond acceptors (Lipinski definition) is 4. The van der Waals surface area contributed by atoms with E-state index in [9.17, 15) is 5.11 Å². The molecule has 0 bridgehead atoms. The number of unbranched alkanes of at least 4 members (excludes halogenated alkanes) is 1. The van der Waals surface area contributed by atoms with Crippen molar-refractivity contribution in [3.63, 3.8) is 0 Å². The Morgan fingerprint density at radius 3 is 2.93 bits per heavy atom. The lowest BCUT2D eigenvalue weighted by Gasteiger charge is -2.18. The largest absolute Gasteiger partial charge is 0.390 e. The average molecular weight is 202 g/mol. The fourth-order valence-corrected chi connectivity index (χ4v) is 2.02. The van der Waals surface area contributed by atoms with Gasteiger partial charge in [-0.2, -0.15) is 0 Å². The van der Waals surface area contributed by atoms with Crippen LogP contribution in [0.3, 0.4) is 0 Å². The van der Waals surface area contributed by atoms with E-state index in [1.807, 2.05) is 0 Å². The van der Waals surface area contributed by atoms with E-state index in [1.165, 1.54) is 0 Å². The van der Waals surface area contributed by atoms with Gasteiger partial charge >= 0.3 is 0 Å². The van der Waals surface area contributed by atoms with E-state index in [2.05, 4.69) is 6.92 Å². The zero-order valence-corrected chi connectivity index (χ0v) is 8.52. The number of ether oxygens (including phenoxy) is 3. The predicted molar refractivity (Wildman–Crippen MR) is 49.8 cm³/mol. The summed E-state index contributed by atoms with van der Waals surface area (Å²) in [6.07, 6.45) is 1.54. The molecule has 82 valence electrons. The molecular weight excluding hydrogens is 184 g/mol. The summed E-state index contributed by atoms with van der Waals surface area (Å²) < 4.78 is 16.3. The molecule has 4 heteroatoms. The van der Waals surface area contributed by atoms with Gasteiger partial charge in [0.25, 0.3) is 0 Å². The van der Waals surface area contributed by atoms with Crippen molar-refractivity contribution >= 4 is 0 Å². The van der Waals surface area contributed by atoms with Crippen molar-refractivity contribution in [2.45, 2.75) is 38.3 Å². The zero-order chi connectivity index (χ0) is 9.97. The first-order chi connectivity index (χ1) is 6.83. The SMILES string of the molecule is CCCCO[C@@H]1CO[C@@H]2OC[C@H](O)[C@@H]21. The first kappa shape index (κ1) is 10.4. The van der Waals surface area contributed by atoms with Gasteiger partial charge in [-0.25, -0.2) is 0 Å². The molecule has 4 atom stereocenters. The van der Waals surface area contributed by atoms with Crippen molar-refractivity contribution in [3.8, 4) is 0 Å². The molecule has 2 saturated heterocycles. The van der Waals surface area contributed by atoms with Crippen LogP contribution in [0.1, 0.15) is 19.8 Å². The highest BCUT2D eigenvalue weighted by Crippen LogP contribution is 2.33. The van der Waals surface area contributed by atoms with Crippen molar-refractivity contribution in [2.75, 3.05) is 19.8 Å². The summed E-state index contributed by atoms with van der Waals surface area (Å²) in [5.74, 6) is 0.0202. The molecule has 0 saturated carbocycles. The zero-order valence-electron chi connectivity index (χ0n) is 8.52. The van der Waals surface area contributed by atoms with Gasteiger partial charge in [-0.1, -0.05) is 13.3 Å². The Bertz CT molecular complexity index is 185. The smallest absolute Gasteiger partial charge is 0.165 e. The highest BCUT2D eigenvalue weighted by molar-refractivity contribution is 4.89. The maximum absolute atomic E-state index is 9.64. The summed E-state index contributed by atoms with van der Waals surface area (Å²) in [5.41, 5.74) is 0. The lowest BCUT2D eigenvalue weighted by atomic mass is 10.0. The van der Waals surface area contributed by atoms with Crippen LogP contribution in [0.5, 0.6) is 0 Å². The van der Waals surface area contributed by atoms with E-state index in [0.717, 1.165) is 19.4 Å². The second-order valence-corrected chi connectivity index (χ2v) is 3.94. The van der Waals surface area contributed by atoms with Crippen LogP contribution in [0, 0.1) is 5.92 Å². The lowest BCUT2D eigenvalue weighted by molar-refractivity contribution is -0.0914. The Balaban J connectivity index is 1.81. The Labute approximate surface area is 84.1 Å². The summed E-state index contributed by atoms with van der Waals surface area (Å²) in [4.78, 5) is 0. The van der Waals surface area contributed by atoms with Crippen LogP contribution in [0.2, 0.25) is 0 Å². The molecule has 2 aliphatic rings. The van der Waals surface area contributed by atoms with Crippen molar-refractivity contribution in [2.24, 2.45) is 5.92 Å². The van der Waals surface area contributed by atoms with Gasteiger partial charge in [-0.05, 0) is 6.42 Å². The minimum atomic E-state index is -0.422. The number of aliphatic hydroxyl groups is 1. The van der Waals surface area contributed by atoms with Crippen LogP contribution in [0.4, 0.5) is 0 Å². The topological polar surface area (TPSA) is 47.9 Å². The minimum Gasteiger partial charge on any atom is -0.390 e. The molecular formula is C10H18O4. The normalized spacial score (nSPS) is 41.6. The van der Waals surface area contributed by atoms with Crippen LogP contribution in [-0.2, 0) is 14.2 Å². The number of aliphatic hydroxyl groups excluding tert-OH is 1. The average Bonchev–Trinajstić information content (AvgIpc) is 2.72. The van der Waals surface area contributed by atoms with Crippen LogP contribution in [-0.4, -0.2) is 43.4 Å².